The summed E-state index contributed by atoms with van der Waals surface area (Å²) in [5, 5.41) is 19.2. The Balaban J connectivity index is 2.16. The molecule has 1 amide bonds. The van der Waals surface area contributed by atoms with E-state index in [9.17, 15) is 15.0 Å². The van der Waals surface area contributed by atoms with Gasteiger partial charge in [-0.1, -0.05) is 6.07 Å². The lowest BCUT2D eigenvalue weighted by molar-refractivity contribution is -0.0669. The summed E-state index contributed by atoms with van der Waals surface area (Å²) in [6.45, 7) is 4.17. The molecule has 0 spiro atoms. The molecule has 0 radical (unpaired) electrons. The molecule has 0 atom stereocenters. The van der Waals surface area contributed by atoms with Crippen molar-refractivity contribution < 1.29 is 15.0 Å². The zero-order chi connectivity index (χ0) is 11.9. The number of benzene rings is 1. The van der Waals surface area contributed by atoms with Crippen LogP contribution in [0.25, 0.3) is 0 Å². The van der Waals surface area contributed by atoms with E-state index in [1.165, 1.54) is 4.90 Å². The number of aryl methyl sites for hydroxylation is 1. The van der Waals surface area contributed by atoms with Crippen LogP contribution in [-0.2, 0) is 0 Å². The molecule has 1 aliphatic heterocycles. The van der Waals surface area contributed by atoms with E-state index in [0.717, 1.165) is 5.56 Å². The van der Waals surface area contributed by atoms with Crippen LogP contribution in [0, 0.1) is 6.92 Å². The zero-order valence-corrected chi connectivity index (χ0v) is 9.40. The largest absolute Gasteiger partial charge is 0.507 e. The number of hydrogen-bond donors (Lipinski definition) is 2. The predicted octanol–water partition coefficient (Wildman–Crippen LogP) is 0.907. The van der Waals surface area contributed by atoms with Gasteiger partial charge in [0.15, 0.2) is 0 Å². The SMILES string of the molecule is Cc1ccc(C(=O)N2CC(C)(O)C2)c(O)c1. The number of likely N-dealkylation sites (tertiary alicyclic amines) is 1. The van der Waals surface area contributed by atoms with Crippen molar-refractivity contribution in [3.05, 3.63) is 29.3 Å². The standard InChI is InChI=1S/C12H15NO3/c1-8-3-4-9(10(14)5-8)11(15)13-6-12(2,16)7-13/h3-5,14,16H,6-7H2,1-2H3. The van der Waals surface area contributed by atoms with Gasteiger partial charge < -0.3 is 15.1 Å². The number of carbonyl (C=O) groups excluding carboxylic acids is 1. The van der Waals surface area contributed by atoms with E-state index in [2.05, 4.69) is 0 Å². The highest BCUT2D eigenvalue weighted by molar-refractivity contribution is 5.97. The van der Waals surface area contributed by atoms with Crippen molar-refractivity contribution >= 4 is 5.91 Å². The number of phenolic OH excluding ortho intramolecular Hbond substituents is 1. The lowest BCUT2D eigenvalue weighted by Gasteiger charge is -2.44. The molecule has 0 saturated carbocycles. The van der Waals surface area contributed by atoms with Gasteiger partial charge in [0.1, 0.15) is 5.75 Å². The third-order valence-corrected chi connectivity index (χ3v) is 2.73. The van der Waals surface area contributed by atoms with E-state index >= 15 is 0 Å². The number of hydrogen-bond acceptors (Lipinski definition) is 3. The molecule has 1 aromatic carbocycles. The van der Waals surface area contributed by atoms with Gasteiger partial charge in [0, 0.05) is 0 Å². The maximum atomic E-state index is 11.9. The van der Waals surface area contributed by atoms with Gasteiger partial charge in [-0.25, -0.2) is 0 Å². The maximum Gasteiger partial charge on any atom is 0.257 e. The molecule has 1 heterocycles. The number of aromatic hydroxyl groups is 1. The first-order valence-electron chi connectivity index (χ1n) is 5.20. The fourth-order valence-corrected chi connectivity index (χ4v) is 1.91. The lowest BCUT2D eigenvalue weighted by Crippen LogP contribution is -2.61. The number of amides is 1. The minimum absolute atomic E-state index is 0.00320. The van der Waals surface area contributed by atoms with Crippen molar-refractivity contribution in [3.8, 4) is 5.75 Å². The van der Waals surface area contributed by atoms with Gasteiger partial charge >= 0.3 is 0 Å². The van der Waals surface area contributed by atoms with E-state index in [0.29, 0.717) is 18.7 Å². The second-order valence-electron chi connectivity index (χ2n) is 4.68. The predicted molar refractivity (Wildman–Crippen MR) is 59.4 cm³/mol. The molecule has 0 bridgehead atoms. The van der Waals surface area contributed by atoms with Gasteiger partial charge in [-0.15, -0.1) is 0 Å². The smallest absolute Gasteiger partial charge is 0.257 e. The summed E-state index contributed by atoms with van der Waals surface area (Å²) in [7, 11) is 0. The maximum absolute atomic E-state index is 11.9. The second kappa shape index (κ2) is 3.49. The van der Waals surface area contributed by atoms with Gasteiger partial charge in [0.2, 0.25) is 0 Å². The molecule has 4 nitrogen and oxygen atoms in total. The highest BCUT2D eigenvalue weighted by atomic mass is 16.3. The van der Waals surface area contributed by atoms with Crippen LogP contribution in [0.4, 0.5) is 0 Å². The van der Waals surface area contributed by atoms with Gasteiger partial charge in [-0.3, -0.25) is 4.79 Å². The Morgan fingerprint density at radius 1 is 1.44 bits per heavy atom. The third kappa shape index (κ3) is 1.88. The molecule has 0 unspecified atom stereocenters. The summed E-state index contributed by atoms with van der Waals surface area (Å²) in [4.78, 5) is 13.4. The van der Waals surface area contributed by atoms with Crippen molar-refractivity contribution in [1.82, 2.24) is 4.90 Å². The molecule has 1 saturated heterocycles. The van der Waals surface area contributed by atoms with Gasteiger partial charge in [-0.2, -0.15) is 0 Å². The molecule has 1 fully saturated rings. The summed E-state index contributed by atoms with van der Waals surface area (Å²) in [6, 6.07) is 4.95. The Morgan fingerprint density at radius 3 is 2.56 bits per heavy atom. The quantitative estimate of drug-likeness (QED) is 0.741. The molecule has 1 aliphatic rings. The summed E-state index contributed by atoms with van der Waals surface area (Å²) in [5.41, 5.74) is 0.418. The molecular weight excluding hydrogens is 206 g/mol. The number of carbonyl (C=O) groups is 1. The van der Waals surface area contributed by atoms with Crippen molar-refractivity contribution in [1.29, 1.82) is 0 Å². The third-order valence-electron chi connectivity index (χ3n) is 2.73. The van der Waals surface area contributed by atoms with Crippen molar-refractivity contribution in [3.63, 3.8) is 0 Å². The summed E-state index contributed by atoms with van der Waals surface area (Å²) in [6.07, 6.45) is 0. The van der Waals surface area contributed by atoms with Crippen LogP contribution in [0.3, 0.4) is 0 Å². The average Bonchev–Trinajstić information content (AvgIpc) is 2.13. The van der Waals surface area contributed by atoms with E-state index in [1.54, 1.807) is 25.1 Å². The zero-order valence-electron chi connectivity index (χ0n) is 9.40. The van der Waals surface area contributed by atoms with Crippen molar-refractivity contribution in [2.75, 3.05) is 13.1 Å². The minimum Gasteiger partial charge on any atom is -0.507 e. The van der Waals surface area contributed by atoms with Gasteiger partial charge in [-0.05, 0) is 31.5 Å². The monoisotopic (exact) mass is 221 g/mol. The Hall–Kier alpha value is -1.55. The van der Waals surface area contributed by atoms with E-state index in [4.69, 9.17) is 0 Å². The topological polar surface area (TPSA) is 60.8 Å². The van der Waals surface area contributed by atoms with Gasteiger partial charge in [0.25, 0.3) is 5.91 Å². The number of nitrogens with zero attached hydrogens (tertiary/aromatic N) is 1. The lowest BCUT2D eigenvalue weighted by atomic mass is 9.95. The van der Waals surface area contributed by atoms with E-state index in [-0.39, 0.29) is 11.7 Å². The molecule has 2 rings (SSSR count). The summed E-state index contributed by atoms with van der Waals surface area (Å²) >= 11 is 0. The summed E-state index contributed by atoms with van der Waals surface area (Å²) < 4.78 is 0. The fraction of sp³-hybridized carbons (Fsp3) is 0.417. The number of rotatable bonds is 1. The fourth-order valence-electron chi connectivity index (χ4n) is 1.91. The van der Waals surface area contributed by atoms with E-state index in [1.807, 2.05) is 6.92 Å². The molecule has 16 heavy (non-hydrogen) atoms. The van der Waals surface area contributed by atoms with E-state index < -0.39 is 5.60 Å². The van der Waals surface area contributed by atoms with Gasteiger partial charge in [0.05, 0.1) is 24.3 Å². The van der Waals surface area contributed by atoms with Crippen LogP contribution in [-0.4, -0.2) is 39.7 Å². The van der Waals surface area contributed by atoms with Crippen molar-refractivity contribution in [2.45, 2.75) is 19.4 Å². The number of β-amino-alcohol motifs (C(OH)–C–C–N with tert-alkyl or cyclic N) is 1. The molecule has 0 aliphatic carbocycles. The Labute approximate surface area is 94.1 Å². The Kier molecular flexibility index (Phi) is 2.39. The molecule has 86 valence electrons. The molecule has 4 heteroatoms. The van der Waals surface area contributed by atoms with Crippen LogP contribution < -0.4 is 0 Å². The first-order valence-corrected chi connectivity index (χ1v) is 5.20. The Bertz CT molecular complexity index is 432. The second-order valence-corrected chi connectivity index (χ2v) is 4.68. The Morgan fingerprint density at radius 2 is 2.06 bits per heavy atom. The molecular formula is C12H15NO3. The number of aliphatic hydroxyl groups is 1. The van der Waals surface area contributed by atoms with Crippen LogP contribution >= 0.6 is 0 Å². The van der Waals surface area contributed by atoms with Crippen LogP contribution in [0.15, 0.2) is 18.2 Å². The van der Waals surface area contributed by atoms with Crippen molar-refractivity contribution in [2.24, 2.45) is 0 Å². The number of phenols is 1. The highest BCUT2D eigenvalue weighted by Crippen LogP contribution is 2.26. The van der Waals surface area contributed by atoms with Crippen LogP contribution in [0.5, 0.6) is 5.75 Å². The minimum atomic E-state index is -0.782. The normalized spacial score (nSPS) is 18.1. The van der Waals surface area contributed by atoms with Crippen LogP contribution in [0.2, 0.25) is 0 Å². The molecule has 2 N–H and O–H groups in total. The first kappa shape index (κ1) is 11.0. The molecule has 1 aromatic rings. The summed E-state index contributed by atoms with van der Waals surface area (Å²) in [5.74, 6) is -0.236. The first-order chi connectivity index (χ1) is 7.39. The highest BCUT2D eigenvalue weighted by Gasteiger charge is 2.40. The average molecular weight is 221 g/mol. The molecule has 0 aromatic heterocycles. The van der Waals surface area contributed by atoms with Crippen LogP contribution in [0.1, 0.15) is 22.8 Å².